The number of nitrogens with zero attached hydrogens (tertiary/aromatic N) is 2. The van der Waals surface area contributed by atoms with Gasteiger partial charge in [0.25, 0.3) is 0 Å². The Bertz CT molecular complexity index is 698. The van der Waals surface area contributed by atoms with Crippen LogP contribution in [0.25, 0.3) is 0 Å². The zero-order valence-corrected chi connectivity index (χ0v) is 10.7. The number of hydrogen-bond donors (Lipinski definition) is 0. The quantitative estimate of drug-likeness (QED) is 0.805. The van der Waals surface area contributed by atoms with Crippen LogP contribution < -0.4 is 4.74 Å². The molecule has 0 saturated carbocycles. The van der Waals surface area contributed by atoms with Crippen molar-refractivity contribution in [3.63, 3.8) is 0 Å². The second kappa shape index (κ2) is 4.96. The zero-order valence-electron chi connectivity index (χ0n) is 9.88. The summed E-state index contributed by atoms with van der Waals surface area (Å²) in [6.45, 7) is 0.0759. The van der Waals surface area contributed by atoms with E-state index in [0.717, 1.165) is 17.7 Å². The Hall–Kier alpha value is -1.96. The first kappa shape index (κ1) is 13.5. The third-order valence-corrected chi connectivity index (χ3v) is 3.15. The Morgan fingerprint density at radius 2 is 2.16 bits per heavy atom. The van der Waals surface area contributed by atoms with Crippen molar-refractivity contribution in [2.75, 3.05) is 0 Å². The summed E-state index contributed by atoms with van der Waals surface area (Å²) in [5, 5.41) is 3.91. The molecule has 0 spiro atoms. The summed E-state index contributed by atoms with van der Waals surface area (Å²) in [6, 6.07) is 2.59. The topological polar surface area (TPSA) is 61.2 Å². The molecule has 19 heavy (non-hydrogen) atoms. The fourth-order valence-corrected chi connectivity index (χ4v) is 1.93. The van der Waals surface area contributed by atoms with Gasteiger partial charge in [-0.15, -0.1) is 3.89 Å². The van der Waals surface area contributed by atoms with E-state index in [-0.39, 0.29) is 12.4 Å². The predicted octanol–water partition coefficient (Wildman–Crippen LogP) is 1.80. The van der Waals surface area contributed by atoms with Gasteiger partial charge in [-0.3, -0.25) is 4.68 Å². The van der Waals surface area contributed by atoms with E-state index in [9.17, 15) is 16.7 Å². The van der Waals surface area contributed by atoms with E-state index in [1.807, 2.05) is 0 Å². The highest BCUT2D eigenvalue weighted by Gasteiger charge is 2.15. The molecule has 0 unspecified atom stereocenters. The maximum atomic E-state index is 13.5. The van der Waals surface area contributed by atoms with Gasteiger partial charge in [-0.25, -0.2) is 4.39 Å². The van der Waals surface area contributed by atoms with Crippen molar-refractivity contribution in [1.29, 1.82) is 0 Å². The summed E-state index contributed by atoms with van der Waals surface area (Å²) in [7, 11) is -3.19. The van der Waals surface area contributed by atoms with E-state index in [4.69, 9.17) is 4.74 Å². The molecule has 0 N–H and O–H groups in total. The predicted molar refractivity (Wildman–Crippen MR) is 62.2 cm³/mol. The molecule has 1 aromatic carbocycles. The van der Waals surface area contributed by atoms with Crippen molar-refractivity contribution in [3.8, 4) is 5.75 Å². The number of aromatic nitrogens is 2. The molecule has 0 fully saturated rings. The van der Waals surface area contributed by atoms with E-state index in [0.29, 0.717) is 6.07 Å². The van der Waals surface area contributed by atoms with Gasteiger partial charge in [-0.05, 0) is 18.2 Å². The monoisotopic (exact) mass is 288 g/mol. The Labute approximate surface area is 108 Å². The van der Waals surface area contributed by atoms with Crippen molar-refractivity contribution in [2.45, 2.75) is 11.5 Å². The Morgan fingerprint density at radius 3 is 2.68 bits per heavy atom. The molecule has 5 nitrogen and oxygen atoms in total. The Balaban J connectivity index is 2.14. The van der Waals surface area contributed by atoms with E-state index >= 15 is 0 Å². The Morgan fingerprint density at radius 1 is 1.42 bits per heavy atom. The largest absolute Gasteiger partial charge is 0.486 e. The SMILES string of the molecule is Cn1cc(COc2ccc(S(=O)(=O)F)cc2F)cn1. The van der Waals surface area contributed by atoms with Crippen molar-refractivity contribution >= 4 is 10.2 Å². The highest BCUT2D eigenvalue weighted by atomic mass is 32.3. The van der Waals surface area contributed by atoms with Crippen LogP contribution in [0.5, 0.6) is 5.75 Å². The van der Waals surface area contributed by atoms with Crippen LogP contribution in [0.4, 0.5) is 8.28 Å². The summed E-state index contributed by atoms with van der Waals surface area (Å²) in [4.78, 5) is -0.737. The molecule has 102 valence electrons. The van der Waals surface area contributed by atoms with Crippen LogP contribution in [-0.2, 0) is 23.9 Å². The fraction of sp³-hybridized carbons (Fsp3) is 0.182. The minimum Gasteiger partial charge on any atom is -0.486 e. The lowest BCUT2D eigenvalue weighted by Gasteiger charge is -2.06. The molecule has 2 aromatic rings. The van der Waals surface area contributed by atoms with E-state index in [2.05, 4.69) is 5.10 Å². The van der Waals surface area contributed by atoms with Crippen molar-refractivity contribution in [3.05, 3.63) is 42.0 Å². The molecule has 2 rings (SSSR count). The van der Waals surface area contributed by atoms with Crippen LogP contribution in [0, 0.1) is 5.82 Å². The van der Waals surface area contributed by atoms with Gasteiger partial charge in [-0.2, -0.15) is 13.5 Å². The van der Waals surface area contributed by atoms with Gasteiger partial charge >= 0.3 is 10.2 Å². The summed E-state index contributed by atoms with van der Waals surface area (Å²) >= 11 is 0. The standard InChI is InChI=1S/C11H10F2N2O3S/c1-15-6-8(5-14-15)7-18-11-3-2-9(4-10(11)12)19(13,16)17/h2-6H,7H2,1H3. The van der Waals surface area contributed by atoms with Gasteiger partial charge in [0.05, 0.1) is 6.20 Å². The van der Waals surface area contributed by atoms with Crippen LogP contribution in [0.3, 0.4) is 0 Å². The van der Waals surface area contributed by atoms with Crippen molar-refractivity contribution in [1.82, 2.24) is 9.78 Å². The normalized spacial score (nSPS) is 11.5. The molecular weight excluding hydrogens is 278 g/mol. The molecule has 0 radical (unpaired) electrons. The smallest absolute Gasteiger partial charge is 0.332 e. The minimum atomic E-state index is -4.91. The molecule has 0 saturated heterocycles. The minimum absolute atomic E-state index is 0.0759. The van der Waals surface area contributed by atoms with Crippen LogP contribution in [0.15, 0.2) is 35.5 Å². The van der Waals surface area contributed by atoms with Crippen LogP contribution >= 0.6 is 0 Å². The maximum absolute atomic E-state index is 13.5. The van der Waals surface area contributed by atoms with E-state index < -0.39 is 20.9 Å². The maximum Gasteiger partial charge on any atom is 0.332 e. The summed E-state index contributed by atoms with van der Waals surface area (Å²) < 4.78 is 54.1. The lowest BCUT2D eigenvalue weighted by atomic mass is 10.3. The molecule has 0 aliphatic heterocycles. The lowest BCUT2D eigenvalue weighted by molar-refractivity contribution is 0.289. The first-order chi connectivity index (χ1) is 8.86. The van der Waals surface area contributed by atoms with E-state index in [1.165, 1.54) is 0 Å². The first-order valence-corrected chi connectivity index (χ1v) is 6.59. The van der Waals surface area contributed by atoms with Gasteiger partial charge in [0.1, 0.15) is 11.5 Å². The molecule has 0 bridgehead atoms. The molecule has 0 amide bonds. The average Bonchev–Trinajstić information content (AvgIpc) is 2.72. The molecule has 0 atom stereocenters. The summed E-state index contributed by atoms with van der Waals surface area (Å²) in [6.07, 6.45) is 3.25. The third-order valence-electron chi connectivity index (χ3n) is 2.34. The Kier molecular flexibility index (Phi) is 3.52. The lowest BCUT2D eigenvalue weighted by Crippen LogP contribution is -1.99. The molecule has 8 heteroatoms. The second-order valence-corrected chi connectivity index (χ2v) is 5.19. The molecule has 0 aliphatic carbocycles. The van der Waals surface area contributed by atoms with Crippen molar-refractivity contribution < 1.29 is 21.4 Å². The fourth-order valence-electron chi connectivity index (χ4n) is 1.46. The summed E-state index contributed by atoms with van der Waals surface area (Å²) in [5.41, 5.74) is 0.726. The van der Waals surface area contributed by atoms with Gasteiger partial charge in [0.2, 0.25) is 0 Å². The van der Waals surface area contributed by atoms with Crippen LogP contribution in [-0.4, -0.2) is 18.2 Å². The van der Waals surface area contributed by atoms with Crippen molar-refractivity contribution in [2.24, 2.45) is 7.05 Å². The third kappa shape index (κ3) is 3.28. The molecule has 1 heterocycles. The van der Waals surface area contributed by atoms with Crippen LogP contribution in [0.1, 0.15) is 5.56 Å². The highest BCUT2D eigenvalue weighted by molar-refractivity contribution is 7.86. The number of hydrogen-bond acceptors (Lipinski definition) is 4. The second-order valence-electron chi connectivity index (χ2n) is 3.84. The van der Waals surface area contributed by atoms with E-state index in [1.54, 1.807) is 24.1 Å². The molecular formula is C11H10F2N2O3S. The number of halogens is 2. The number of aryl methyl sites for hydroxylation is 1. The summed E-state index contributed by atoms with van der Waals surface area (Å²) in [5.74, 6) is -1.10. The van der Waals surface area contributed by atoms with Crippen LogP contribution in [0.2, 0.25) is 0 Å². The van der Waals surface area contributed by atoms with Gasteiger partial charge in [0.15, 0.2) is 11.6 Å². The zero-order chi connectivity index (χ0) is 14.0. The van der Waals surface area contributed by atoms with Gasteiger partial charge in [0, 0.05) is 18.8 Å². The van der Waals surface area contributed by atoms with Gasteiger partial charge < -0.3 is 4.74 Å². The number of rotatable bonds is 4. The average molecular weight is 288 g/mol. The van der Waals surface area contributed by atoms with Gasteiger partial charge in [-0.1, -0.05) is 0 Å². The number of benzene rings is 1. The molecule has 0 aliphatic rings. The highest BCUT2D eigenvalue weighted by Crippen LogP contribution is 2.22. The first-order valence-electron chi connectivity index (χ1n) is 5.21. The number of ether oxygens (including phenoxy) is 1. The molecule has 1 aromatic heterocycles.